The number of amides is 1. The second kappa shape index (κ2) is 5.52. The number of hydrogen-bond acceptors (Lipinski definition) is 4. The fourth-order valence-corrected chi connectivity index (χ4v) is 1.84. The molecule has 5 nitrogen and oxygen atoms in total. The first-order chi connectivity index (χ1) is 9.02. The minimum Gasteiger partial charge on any atom is -0.290 e. The Kier molecular flexibility index (Phi) is 3.99. The number of aromatic nitrogens is 2. The van der Waals surface area contributed by atoms with Crippen LogP contribution in [0.2, 0.25) is 10.0 Å². The summed E-state index contributed by atoms with van der Waals surface area (Å²) in [6, 6.07) is 5.09. The topological polar surface area (TPSA) is 80.9 Å². The lowest BCUT2D eigenvalue weighted by Crippen LogP contribution is -2.31. The lowest BCUT2D eigenvalue weighted by atomic mass is 10.2. The summed E-state index contributed by atoms with van der Waals surface area (Å²) in [6.45, 7) is 1.70. The number of rotatable bonds is 2. The number of nitrogens with two attached hydrogens (primary N) is 1. The molecule has 2 aromatic rings. The summed E-state index contributed by atoms with van der Waals surface area (Å²) in [7, 11) is 0. The van der Waals surface area contributed by atoms with Crippen LogP contribution in [0.15, 0.2) is 24.4 Å². The molecule has 0 bridgehead atoms. The molecular weight excluding hydrogens is 287 g/mol. The van der Waals surface area contributed by atoms with Gasteiger partial charge in [-0.1, -0.05) is 23.2 Å². The van der Waals surface area contributed by atoms with Crippen LogP contribution in [0.1, 0.15) is 16.1 Å². The average Bonchev–Trinajstić information content (AvgIpc) is 2.41. The number of aryl methyl sites for hydroxylation is 1. The summed E-state index contributed by atoms with van der Waals surface area (Å²) in [4.78, 5) is 19.8. The van der Waals surface area contributed by atoms with Gasteiger partial charge in [0, 0.05) is 11.8 Å². The van der Waals surface area contributed by atoms with Crippen LogP contribution in [0.25, 0.3) is 11.4 Å². The quantitative estimate of drug-likeness (QED) is 0.506. The molecule has 98 valence electrons. The lowest BCUT2D eigenvalue weighted by molar-refractivity contribution is 0.0952. The standard InChI is InChI=1S/C12H10Cl2N4O/c1-6-8(12(19)18-15)5-16-11(17-6)7-2-3-9(13)10(14)4-7/h2-5H,15H2,1H3,(H,18,19). The Hall–Kier alpha value is -1.69. The molecule has 0 spiro atoms. The number of carbonyl (C=O) groups is 1. The maximum atomic E-state index is 11.4. The zero-order chi connectivity index (χ0) is 14.0. The summed E-state index contributed by atoms with van der Waals surface area (Å²) in [5, 5.41) is 0.880. The third kappa shape index (κ3) is 2.84. The minimum atomic E-state index is -0.432. The number of nitrogen functional groups attached to an aromatic ring is 1. The Morgan fingerprint density at radius 2 is 2.05 bits per heavy atom. The number of nitrogens with one attached hydrogen (secondary N) is 1. The van der Waals surface area contributed by atoms with Gasteiger partial charge in [0.1, 0.15) is 0 Å². The van der Waals surface area contributed by atoms with E-state index in [1.807, 2.05) is 5.43 Å². The van der Waals surface area contributed by atoms with Crippen molar-refractivity contribution < 1.29 is 4.79 Å². The molecule has 1 amide bonds. The van der Waals surface area contributed by atoms with Crippen molar-refractivity contribution in [2.24, 2.45) is 5.84 Å². The zero-order valence-electron chi connectivity index (χ0n) is 9.95. The van der Waals surface area contributed by atoms with Crippen molar-refractivity contribution in [2.75, 3.05) is 0 Å². The van der Waals surface area contributed by atoms with Gasteiger partial charge in [0.2, 0.25) is 0 Å². The summed E-state index contributed by atoms with van der Waals surface area (Å²) in [6.07, 6.45) is 1.42. The predicted molar refractivity (Wildman–Crippen MR) is 73.9 cm³/mol. The fourth-order valence-electron chi connectivity index (χ4n) is 1.54. The summed E-state index contributed by atoms with van der Waals surface area (Å²) >= 11 is 11.8. The highest BCUT2D eigenvalue weighted by Gasteiger charge is 2.12. The smallest absolute Gasteiger partial charge is 0.268 e. The zero-order valence-corrected chi connectivity index (χ0v) is 11.5. The number of hydrazine groups is 1. The van der Waals surface area contributed by atoms with Crippen LogP contribution in [-0.4, -0.2) is 15.9 Å². The van der Waals surface area contributed by atoms with E-state index in [4.69, 9.17) is 29.0 Å². The molecular formula is C12H10Cl2N4O. The molecule has 0 aliphatic carbocycles. The van der Waals surface area contributed by atoms with Gasteiger partial charge in [0.05, 0.1) is 21.3 Å². The molecule has 0 saturated carbocycles. The van der Waals surface area contributed by atoms with Gasteiger partial charge in [0.15, 0.2) is 5.82 Å². The fraction of sp³-hybridized carbons (Fsp3) is 0.0833. The molecule has 2 rings (SSSR count). The highest BCUT2D eigenvalue weighted by molar-refractivity contribution is 6.42. The highest BCUT2D eigenvalue weighted by Crippen LogP contribution is 2.26. The van der Waals surface area contributed by atoms with Gasteiger partial charge in [-0.2, -0.15) is 0 Å². The van der Waals surface area contributed by atoms with E-state index in [9.17, 15) is 4.79 Å². The summed E-state index contributed by atoms with van der Waals surface area (Å²) in [5.41, 5.74) is 3.61. The Morgan fingerprint density at radius 3 is 2.63 bits per heavy atom. The molecule has 0 aliphatic rings. The molecule has 0 saturated heterocycles. The lowest BCUT2D eigenvalue weighted by Gasteiger charge is -2.06. The van der Waals surface area contributed by atoms with Crippen molar-refractivity contribution in [1.29, 1.82) is 0 Å². The molecule has 19 heavy (non-hydrogen) atoms. The van der Waals surface area contributed by atoms with Gasteiger partial charge in [-0.05, 0) is 25.1 Å². The van der Waals surface area contributed by atoms with E-state index >= 15 is 0 Å². The van der Waals surface area contributed by atoms with Crippen LogP contribution >= 0.6 is 23.2 Å². The van der Waals surface area contributed by atoms with Crippen LogP contribution in [-0.2, 0) is 0 Å². The van der Waals surface area contributed by atoms with E-state index in [2.05, 4.69) is 9.97 Å². The number of nitrogens with zero attached hydrogens (tertiary/aromatic N) is 2. The van der Waals surface area contributed by atoms with Gasteiger partial charge in [-0.25, -0.2) is 15.8 Å². The number of halogens is 2. The maximum Gasteiger partial charge on any atom is 0.268 e. The van der Waals surface area contributed by atoms with Crippen LogP contribution in [0.5, 0.6) is 0 Å². The van der Waals surface area contributed by atoms with Gasteiger partial charge < -0.3 is 0 Å². The Labute approximate surface area is 119 Å². The van der Waals surface area contributed by atoms with Crippen molar-refractivity contribution in [3.63, 3.8) is 0 Å². The number of benzene rings is 1. The van der Waals surface area contributed by atoms with E-state index in [1.54, 1.807) is 25.1 Å². The average molecular weight is 297 g/mol. The third-order valence-electron chi connectivity index (χ3n) is 2.53. The normalized spacial score (nSPS) is 10.3. The van der Waals surface area contributed by atoms with Crippen LogP contribution in [0, 0.1) is 6.92 Å². The Bertz CT molecular complexity index is 646. The van der Waals surface area contributed by atoms with Crippen molar-refractivity contribution in [1.82, 2.24) is 15.4 Å². The van der Waals surface area contributed by atoms with Gasteiger partial charge in [-0.3, -0.25) is 10.2 Å². The van der Waals surface area contributed by atoms with E-state index < -0.39 is 5.91 Å². The minimum absolute atomic E-state index is 0.325. The Morgan fingerprint density at radius 1 is 1.32 bits per heavy atom. The first-order valence-electron chi connectivity index (χ1n) is 5.33. The van der Waals surface area contributed by atoms with Crippen LogP contribution in [0.3, 0.4) is 0 Å². The molecule has 0 fully saturated rings. The molecule has 7 heteroatoms. The first kappa shape index (κ1) is 13.7. The van der Waals surface area contributed by atoms with E-state index in [-0.39, 0.29) is 0 Å². The third-order valence-corrected chi connectivity index (χ3v) is 3.27. The van der Waals surface area contributed by atoms with Gasteiger partial charge in [0.25, 0.3) is 5.91 Å². The largest absolute Gasteiger partial charge is 0.290 e. The Balaban J connectivity index is 2.44. The van der Waals surface area contributed by atoms with Crippen LogP contribution in [0.4, 0.5) is 0 Å². The SMILES string of the molecule is Cc1nc(-c2ccc(Cl)c(Cl)c2)ncc1C(=O)NN. The van der Waals surface area contributed by atoms with E-state index in [0.29, 0.717) is 27.1 Å². The van der Waals surface area contributed by atoms with Crippen molar-refractivity contribution in [3.8, 4) is 11.4 Å². The van der Waals surface area contributed by atoms with Crippen molar-refractivity contribution >= 4 is 29.1 Å². The molecule has 1 heterocycles. The highest BCUT2D eigenvalue weighted by atomic mass is 35.5. The molecule has 1 aromatic heterocycles. The van der Waals surface area contributed by atoms with E-state index in [1.165, 1.54) is 6.20 Å². The molecule has 0 unspecified atom stereocenters. The monoisotopic (exact) mass is 296 g/mol. The molecule has 1 aromatic carbocycles. The number of hydrogen-bond donors (Lipinski definition) is 2. The first-order valence-corrected chi connectivity index (χ1v) is 6.08. The molecule has 0 aliphatic heterocycles. The van der Waals surface area contributed by atoms with Gasteiger partial charge >= 0.3 is 0 Å². The second-order valence-corrected chi connectivity index (χ2v) is 4.61. The molecule has 0 atom stereocenters. The van der Waals surface area contributed by atoms with E-state index in [0.717, 1.165) is 5.56 Å². The van der Waals surface area contributed by atoms with Crippen LogP contribution < -0.4 is 11.3 Å². The molecule has 3 N–H and O–H groups in total. The van der Waals surface area contributed by atoms with Crippen molar-refractivity contribution in [3.05, 3.63) is 45.7 Å². The molecule has 0 radical (unpaired) electrons. The second-order valence-electron chi connectivity index (χ2n) is 3.80. The van der Waals surface area contributed by atoms with Crippen molar-refractivity contribution in [2.45, 2.75) is 6.92 Å². The number of carbonyl (C=O) groups excluding carboxylic acids is 1. The maximum absolute atomic E-state index is 11.4. The summed E-state index contributed by atoms with van der Waals surface area (Å²) in [5.74, 6) is 5.10. The van der Waals surface area contributed by atoms with Gasteiger partial charge in [-0.15, -0.1) is 0 Å². The summed E-state index contributed by atoms with van der Waals surface area (Å²) < 4.78 is 0. The predicted octanol–water partition coefficient (Wildman–Crippen LogP) is 2.36.